The average Bonchev–Trinajstić information content (AvgIpc) is 2.84. The highest BCUT2D eigenvalue weighted by Crippen LogP contribution is 2.29. The lowest BCUT2D eigenvalue weighted by Gasteiger charge is -2.23. The maximum atomic E-state index is 13.8. The number of hydrogen-bond acceptors (Lipinski definition) is 3. The lowest BCUT2D eigenvalue weighted by Crippen LogP contribution is -2.37. The van der Waals surface area contributed by atoms with E-state index in [1.54, 1.807) is 12.1 Å². The number of rotatable bonds is 3. The molecule has 1 aromatic rings. The lowest BCUT2D eigenvalue weighted by atomic mass is 9.98. The summed E-state index contributed by atoms with van der Waals surface area (Å²) in [7, 11) is 0. The number of halogens is 2. The molecular weight excluding hydrogens is 226 g/mol. The molecule has 0 aromatic heterocycles. The van der Waals surface area contributed by atoms with Crippen molar-refractivity contribution in [3.63, 3.8) is 0 Å². The van der Waals surface area contributed by atoms with Crippen molar-refractivity contribution in [3.05, 3.63) is 34.9 Å². The average molecular weight is 242 g/mol. The van der Waals surface area contributed by atoms with Gasteiger partial charge in [-0.25, -0.2) is 8.78 Å². The predicted molar refractivity (Wildman–Crippen MR) is 60.1 cm³/mol. The van der Waals surface area contributed by atoms with Gasteiger partial charge in [0.1, 0.15) is 0 Å². The van der Waals surface area contributed by atoms with Crippen molar-refractivity contribution in [3.8, 4) is 0 Å². The van der Waals surface area contributed by atoms with Crippen LogP contribution in [-0.2, 0) is 4.74 Å². The standard InChI is InChI=1S/C12H16F2N2O/c1-7-4-5-8(11(14)10(7)13)12(16-15)9-3-2-6-17-9/h4-5,9,12,16H,2-3,6,15H2,1H3. The number of benzene rings is 1. The zero-order valence-corrected chi connectivity index (χ0v) is 9.67. The van der Waals surface area contributed by atoms with Gasteiger partial charge in [0, 0.05) is 12.2 Å². The normalized spacial score (nSPS) is 21.8. The highest BCUT2D eigenvalue weighted by atomic mass is 19.2. The minimum atomic E-state index is -0.844. The number of nitrogens with two attached hydrogens (primary N) is 1. The van der Waals surface area contributed by atoms with Gasteiger partial charge in [-0.15, -0.1) is 0 Å². The molecule has 1 aliphatic heterocycles. The molecule has 0 saturated carbocycles. The van der Waals surface area contributed by atoms with E-state index in [-0.39, 0.29) is 17.2 Å². The van der Waals surface area contributed by atoms with Gasteiger partial charge in [0.25, 0.3) is 0 Å². The molecule has 0 radical (unpaired) electrons. The molecule has 1 aromatic carbocycles. The summed E-state index contributed by atoms with van der Waals surface area (Å²) in [5.41, 5.74) is 3.03. The van der Waals surface area contributed by atoms with Crippen LogP contribution in [0.1, 0.15) is 30.0 Å². The molecule has 2 rings (SSSR count). The fraction of sp³-hybridized carbons (Fsp3) is 0.500. The van der Waals surface area contributed by atoms with Gasteiger partial charge in [0.15, 0.2) is 11.6 Å². The second-order valence-electron chi connectivity index (χ2n) is 4.30. The number of hydrogen-bond donors (Lipinski definition) is 2. The van der Waals surface area contributed by atoms with Crippen LogP contribution in [0.2, 0.25) is 0 Å². The van der Waals surface area contributed by atoms with Crippen molar-refractivity contribution in [2.45, 2.75) is 31.9 Å². The molecule has 2 unspecified atom stereocenters. The van der Waals surface area contributed by atoms with Crippen LogP contribution in [0.15, 0.2) is 12.1 Å². The van der Waals surface area contributed by atoms with Crippen LogP contribution in [0.4, 0.5) is 8.78 Å². The predicted octanol–water partition coefficient (Wildman–Crippen LogP) is 1.96. The van der Waals surface area contributed by atoms with Crippen LogP contribution in [-0.4, -0.2) is 12.7 Å². The van der Waals surface area contributed by atoms with E-state index in [1.165, 1.54) is 6.92 Å². The maximum absolute atomic E-state index is 13.8. The molecule has 1 heterocycles. The second-order valence-corrected chi connectivity index (χ2v) is 4.30. The Labute approximate surface area is 98.9 Å². The molecule has 0 amide bonds. The van der Waals surface area contributed by atoms with Gasteiger partial charge >= 0.3 is 0 Å². The van der Waals surface area contributed by atoms with Crippen LogP contribution in [0.5, 0.6) is 0 Å². The van der Waals surface area contributed by atoms with Gasteiger partial charge < -0.3 is 4.74 Å². The van der Waals surface area contributed by atoms with E-state index in [0.717, 1.165) is 12.8 Å². The van der Waals surface area contributed by atoms with Gasteiger partial charge in [-0.2, -0.15) is 0 Å². The smallest absolute Gasteiger partial charge is 0.164 e. The van der Waals surface area contributed by atoms with E-state index in [2.05, 4.69) is 5.43 Å². The second kappa shape index (κ2) is 5.08. The first kappa shape index (κ1) is 12.4. The summed E-state index contributed by atoms with van der Waals surface area (Å²) in [6.45, 7) is 2.16. The zero-order chi connectivity index (χ0) is 12.4. The zero-order valence-electron chi connectivity index (χ0n) is 9.67. The van der Waals surface area contributed by atoms with Gasteiger partial charge in [-0.3, -0.25) is 11.3 Å². The van der Waals surface area contributed by atoms with Crippen molar-refractivity contribution in [2.75, 3.05) is 6.61 Å². The molecule has 0 spiro atoms. The van der Waals surface area contributed by atoms with Crippen LogP contribution in [0.25, 0.3) is 0 Å². The number of aryl methyl sites for hydroxylation is 1. The number of ether oxygens (including phenoxy) is 1. The molecule has 1 aliphatic rings. The van der Waals surface area contributed by atoms with Crippen molar-refractivity contribution >= 4 is 0 Å². The third kappa shape index (κ3) is 2.31. The third-order valence-corrected chi connectivity index (χ3v) is 3.16. The van der Waals surface area contributed by atoms with Crippen molar-refractivity contribution < 1.29 is 13.5 Å². The fourth-order valence-corrected chi connectivity index (χ4v) is 2.16. The number of nitrogens with one attached hydrogen (secondary N) is 1. The summed E-state index contributed by atoms with van der Waals surface area (Å²) in [6.07, 6.45) is 1.51. The van der Waals surface area contributed by atoms with Gasteiger partial charge in [0.2, 0.25) is 0 Å². The Morgan fingerprint density at radius 2 is 2.18 bits per heavy atom. The van der Waals surface area contributed by atoms with Crippen molar-refractivity contribution in [2.24, 2.45) is 5.84 Å². The summed E-state index contributed by atoms with van der Waals surface area (Å²) >= 11 is 0. The highest BCUT2D eigenvalue weighted by Gasteiger charge is 2.29. The lowest BCUT2D eigenvalue weighted by molar-refractivity contribution is 0.0769. The topological polar surface area (TPSA) is 47.3 Å². The summed E-state index contributed by atoms with van der Waals surface area (Å²) in [5.74, 6) is 3.76. The molecule has 1 saturated heterocycles. The molecule has 0 bridgehead atoms. The molecular formula is C12H16F2N2O. The Balaban J connectivity index is 2.33. The van der Waals surface area contributed by atoms with E-state index in [1.807, 2.05) is 0 Å². The molecule has 1 fully saturated rings. The van der Waals surface area contributed by atoms with Crippen molar-refractivity contribution in [1.82, 2.24) is 5.43 Å². The van der Waals surface area contributed by atoms with E-state index in [0.29, 0.717) is 6.61 Å². The minimum absolute atomic E-state index is 0.198. The Morgan fingerprint density at radius 3 is 2.76 bits per heavy atom. The summed E-state index contributed by atoms with van der Waals surface area (Å²) in [6, 6.07) is 2.60. The molecule has 3 nitrogen and oxygen atoms in total. The largest absolute Gasteiger partial charge is 0.376 e. The van der Waals surface area contributed by atoms with E-state index < -0.39 is 17.7 Å². The monoisotopic (exact) mass is 242 g/mol. The summed E-state index contributed by atoms with van der Waals surface area (Å²) in [5, 5.41) is 0. The molecule has 0 aliphatic carbocycles. The van der Waals surface area contributed by atoms with Crippen LogP contribution in [0.3, 0.4) is 0 Å². The van der Waals surface area contributed by atoms with E-state index in [9.17, 15) is 8.78 Å². The molecule has 2 atom stereocenters. The van der Waals surface area contributed by atoms with Crippen LogP contribution < -0.4 is 11.3 Å². The summed E-state index contributed by atoms with van der Waals surface area (Å²) < 4.78 is 32.8. The van der Waals surface area contributed by atoms with Gasteiger partial charge in [-0.05, 0) is 25.3 Å². The van der Waals surface area contributed by atoms with Crippen LogP contribution >= 0.6 is 0 Å². The first-order chi connectivity index (χ1) is 8.15. The number of hydrazine groups is 1. The molecule has 3 N–H and O–H groups in total. The fourth-order valence-electron chi connectivity index (χ4n) is 2.16. The first-order valence-corrected chi connectivity index (χ1v) is 5.67. The van der Waals surface area contributed by atoms with Crippen molar-refractivity contribution in [1.29, 1.82) is 0 Å². The molecule has 5 heteroatoms. The SMILES string of the molecule is Cc1ccc(C(NN)C2CCCO2)c(F)c1F. The minimum Gasteiger partial charge on any atom is -0.376 e. The van der Waals surface area contributed by atoms with Crippen LogP contribution in [0, 0.1) is 18.6 Å². The Hall–Kier alpha value is -1.04. The molecule has 94 valence electrons. The Kier molecular flexibility index (Phi) is 3.71. The van der Waals surface area contributed by atoms with Gasteiger partial charge in [-0.1, -0.05) is 12.1 Å². The summed E-state index contributed by atoms with van der Waals surface area (Å²) in [4.78, 5) is 0. The highest BCUT2D eigenvalue weighted by molar-refractivity contribution is 5.28. The first-order valence-electron chi connectivity index (χ1n) is 5.67. The quantitative estimate of drug-likeness (QED) is 0.629. The van der Waals surface area contributed by atoms with Gasteiger partial charge in [0.05, 0.1) is 12.1 Å². The Bertz CT molecular complexity index is 406. The van der Waals surface area contributed by atoms with E-state index in [4.69, 9.17) is 10.6 Å². The maximum Gasteiger partial charge on any atom is 0.164 e. The Morgan fingerprint density at radius 1 is 1.41 bits per heavy atom. The molecule has 17 heavy (non-hydrogen) atoms. The van der Waals surface area contributed by atoms with E-state index >= 15 is 0 Å². The third-order valence-electron chi connectivity index (χ3n) is 3.16.